The Morgan fingerprint density at radius 1 is 1.60 bits per heavy atom. The van der Waals surface area contributed by atoms with E-state index in [-0.39, 0.29) is 11.4 Å². The average molecular weight is 295 g/mol. The topological polar surface area (TPSA) is 71.9 Å². The number of nitrogens with zero attached hydrogens (tertiary/aromatic N) is 3. The van der Waals surface area contributed by atoms with Gasteiger partial charge in [-0.2, -0.15) is 8.42 Å². The summed E-state index contributed by atoms with van der Waals surface area (Å²) >= 11 is 0. The third-order valence-electron chi connectivity index (χ3n) is 2.43. The van der Waals surface area contributed by atoms with E-state index in [0.29, 0.717) is 11.4 Å². The molecule has 0 unspecified atom stereocenters. The van der Waals surface area contributed by atoms with Crippen molar-refractivity contribution >= 4 is 22.1 Å². The standard InChI is InChI=1S/C13H17N3O3S/c1-6-11-8-12(14-9-16(4)7-2)10(3)15-13(11)19-20(5,17)18/h1,8-9H,7H2,2-5H3/b14-9+. The van der Waals surface area contributed by atoms with Gasteiger partial charge in [0.15, 0.2) is 0 Å². The highest BCUT2D eigenvalue weighted by Crippen LogP contribution is 2.25. The summed E-state index contributed by atoms with van der Waals surface area (Å²) in [6.45, 7) is 4.51. The van der Waals surface area contributed by atoms with Crippen molar-refractivity contribution in [3.63, 3.8) is 0 Å². The predicted octanol–water partition coefficient (Wildman–Crippen LogP) is 1.32. The molecule has 0 aliphatic heterocycles. The van der Waals surface area contributed by atoms with Crippen molar-refractivity contribution in [3.05, 3.63) is 17.3 Å². The predicted molar refractivity (Wildman–Crippen MR) is 78.8 cm³/mol. The van der Waals surface area contributed by atoms with E-state index in [1.54, 1.807) is 19.3 Å². The Balaban J connectivity index is 3.21. The molecule has 0 aliphatic rings. The number of rotatable bonds is 5. The van der Waals surface area contributed by atoms with Crippen LogP contribution in [0.2, 0.25) is 0 Å². The van der Waals surface area contributed by atoms with Gasteiger partial charge in [0, 0.05) is 13.6 Å². The fraction of sp³-hybridized carbons (Fsp3) is 0.385. The van der Waals surface area contributed by atoms with E-state index in [9.17, 15) is 8.42 Å². The molecule has 0 amide bonds. The van der Waals surface area contributed by atoms with E-state index in [4.69, 9.17) is 10.6 Å². The maximum absolute atomic E-state index is 11.2. The van der Waals surface area contributed by atoms with Crippen LogP contribution in [-0.2, 0) is 10.1 Å². The minimum absolute atomic E-state index is 0.102. The molecule has 0 aliphatic carbocycles. The van der Waals surface area contributed by atoms with Gasteiger partial charge in [0.05, 0.1) is 29.5 Å². The lowest BCUT2D eigenvalue weighted by molar-refractivity contribution is 0.481. The lowest BCUT2D eigenvalue weighted by Gasteiger charge is -2.10. The smallest absolute Gasteiger partial charge is 0.307 e. The summed E-state index contributed by atoms with van der Waals surface area (Å²) in [5.74, 6) is 2.25. The first-order valence-corrected chi connectivity index (χ1v) is 7.70. The summed E-state index contributed by atoms with van der Waals surface area (Å²) in [6, 6.07) is 1.57. The second-order valence-corrected chi connectivity index (χ2v) is 5.77. The van der Waals surface area contributed by atoms with Gasteiger partial charge >= 0.3 is 10.1 Å². The van der Waals surface area contributed by atoms with Crippen LogP contribution >= 0.6 is 0 Å². The summed E-state index contributed by atoms with van der Waals surface area (Å²) in [6.07, 6.45) is 7.93. The fourth-order valence-corrected chi connectivity index (χ4v) is 1.67. The maximum Gasteiger partial charge on any atom is 0.307 e. The molecule has 0 bridgehead atoms. The highest BCUT2D eigenvalue weighted by Gasteiger charge is 2.13. The van der Waals surface area contributed by atoms with E-state index in [1.165, 1.54) is 0 Å². The average Bonchev–Trinajstić information content (AvgIpc) is 2.35. The van der Waals surface area contributed by atoms with E-state index in [0.717, 1.165) is 12.8 Å². The minimum Gasteiger partial charge on any atom is -0.366 e. The SMILES string of the molecule is C#Cc1cc(/N=C/N(C)CC)c(C)nc1OS(C)(=O)=O. The van der Waals surface area contributed by atoms with Crippen molar-refractivity contribution in [2.24, 2.45) is 4.99 Å². The van der Waals surface area contributed by atoms with Crippen molar-refractivity contribution in [2.75, 3.05) is 19.8 Å². The first-order valence-electron chi connectivity index (χ1n) is 5.89. The lowest BCUT2D eigenvalue weighted by atomic mass is 10.2. The van der Waals surface area contributed by atoms with Crippen LogP contribution in [-0.4, -0.2) is 44.5 Å². The number of hydrogen-bond donors (Lipinski definition) is 0. The molecule has 1 heterocycles. The van der Waals surface area contributed by atoms with Crippen molar-refractivity contribution in [2.45, 2.75) is 13.8 Å². The highest BCUT2D eigenvalue weighted by atomic mass is 32.2. The molecule has 6 nitrogen and oxygen atoms in total. The minimum atomic E-state index is -3.67. The highest BCUT2D eigenvalue weighted by molar-refractivity contribution is 7.86. The number of aliphatic imine (C=N–C) groups is 1. The van der Waals surface area contributed by atoms with Crippen molar-refractivity contribution in [1.29, 1.82) is 0 Å². The van der Waals surface area contributed by atoms with Gasteiger partial charge in [0.25, 0.3) is 0 Å². The molecule has 1 aromatic heterocycles. The quantitative estimate of drug-likeness (QED) is 0.354. The summed E-state index contributed by atoms with van der Waals surface area (Å²) < 4.78 is 27.1. The number of pyridine rings is 1. The Hall–Kier alpha value is -2.07. The number of aromatic nitrogens is 1. The van der Waals surface area contributed by atoms with Crippen LogP contribution in [0.25, 0.3) is 0 Å². The lowest BCUT2D eigenvalue weighted by Crippen LogP contribution is -2.14. The molecule has 0 fully saturated rings. The second-order valence-electron chi connectivity index (χ2n) is 4.20. The zero-order valence-electron chi connectivity index (χ0n) is 11.9. The van der Waals surface area contributed by atoms with Gasteiger partial charge in [-0.05, 0) is 19.9 Å². The van der Waals surface area contributed by atoms with Gasteiger partial charge in [-0.25, -0.2) is 9.98 Å². The van der Waals surface area contributed by atoms with Crippen LogP contribution in [0.15, 0.2) is 11.1 Å². The molecule has 0 saturated carbocycles. The third kappa shape index (κ3) is 4.55. The van der Waals surface area contributed by atoms with E-state index >= 15 is 0 Å². The summed E-state index contributed by atoms with van der Waals surface area (Å²) in [7, 11) is -1.79. The molecule has 1 aromatic rings. The van der Waals surface area contributed by atoms with E-state index in [1.807, 2.05) is 18.9 Å². The Kier molecular flexibility index (Phi) is 5.11. The summed E-state index contributed by atoms with van der Waals surface area (Å²) in [4.78, 5) is 10.2. The van der Waals surface area contributed by atoms with Gasteiger partial charge in [-0.3, -0.25) is 0 Å². The zero-order chi connectivity index (χ0) is 15.3. The molecule has 0 atom stereocenters. The first kappa shape index (κ1) is 16.0. The van der Waals surface area contributed by atoms with Gasteiger partial charge in [-0.1, -0.05) is 5.92 Å². The Morgan fingerprint density at radius 2 is 2.25 bits per heavy atom. The largest absolute Gasteiger partial charge is 0.366 e. The third-order valence-corrected chi connectivity index (χ3v) is 2.89. The molecule has 0 aromatic carbocycles. The number of terminal acetylenes is 1. The van der Waals surface area contributed by atoms with Crippen molar-refractivity contribution in [3.8, 4) is 18.2 Å². The van der Waals surface area contributed by atoms with Crippen molar-refractivity contribution < 1.29 is 12.6 Å². The van der Waals surface area contributed by atoms with Crippen LogP contribution in [0.4, 0.5) is 5.69 Å². The molecular formula is C13H17N3O3S. The molecule has 7 heteroatoms. The Morgan fingerprint density at radius 3 is 2.75 bits per heavy atom. The molecule has 0 radical (unpaired) electrons. The molecule has 0 N–H and O–H groups in total. The molecule has 0 saturated heterocycles. The maximum atomic E-state index is 11.2. The van der Waals surface area contributed by atoms with Gasteiger partial charge in [-0.15, -0.1) is 6.42 Å². The van der Waals surface area contributed by atoms with E-state index in [2.05, 4.69) is 15.9 Å². The van der Waals surface area contributed by atoms with Crippen molar-refractivity contribution in [1.82, 2.24) is 9.88 Å². The molecule has 108 valence electrons. The van der Waals surface area contributed by atoms with Crippen LogP contribution in [0.5, 0.6) is 5.88 Å². The fourth-order valence-electron chi connectivity index (χ4n) is 1.26. The summed E-state index contributed by atoms with van der Waals surface area (Å²) in [5, 5.41) is 0. The zero-order valence-corrected chi connectivity index (χ0v) is 12.7. The number of aryl methyl sites for hydroxylation is 1. The summed E-state index contributed by atoms with van der Waals surface area (Å²) in [5.41, 5.74) is 1.34. The first-order chi connectivity index (χ1) is 9.26. The Labute approximate surface area is 119 Å². The van der Waals surface area contributed by atoms with E-state index < -0.39 is 10.1 Å². The molecule has 1 rings (SSSR count). The molecule has 0 spiro atoms. The van der Waals surface area contributed by atoms with Gasteiger partial charge in [0.1, 0.15) is 0 Å². The van der Waals surface area contributed by atoms with Crippen LogP contribution in [0.3, 0.4) is 0 Å². The second kappa shape index (κ2) is 6.39. The number of hydrogen-bond acceptors (Lipinski definition) is 5. The van der Waals surface area contributed by atoms with Gasteiger partial charge < -0.3 is 9.08 Å². The Bertz CT molecular complexity index is 660. The van der Waals surface area contributed by atoms with Crippen LogP contribution in [0.1, 0.15) is 18.2 Å². The van der Waals surface area contributed by atoms with Gasteiger partial charge in [0.2, 0.25) is 5.88 Å². The monoisotopic (exact) mass is 295 g/mol. The normalized spacial score (nSPS) is 11.3. The molecule has 20 heavy (non-hydrogen) atoms. The molecular weight excluding hydrogens is 278 g/mol. The van der Waals surface area contributed by atoms with Crippen LogP contribution < -0.4 is 4.18 Å². The van der Waals surface area contributed by atoms with Crippen LogP contribution in [0, 0.1) is 19.3 Å².